The first kappa shape index (κ1) is 12.8. The molecule has 1 atom stereocenters. The van der Waals surface area contributed by atoms with Gasteiger partial charge in [0.1, 0.15) is 5.38 Å². The van der Waals surface area contributed by atoms with Crippen LogP contribution in [0.15, 0.2) is 0 Å². The molecule has 1 aliphatic rings. The van der Waals surface area contributed by atoms with E-state index >= 15 is 0 Å². The van der Waals surface area contributed by atoms with Crippen molar-refractivity contribution in [2.75, 3.05) is 7.05 Å². The molecule has 0 heterocycles. The largest absolute Gasteiger partial charge is 0.342 e. The number of hydrogen-bond donors (Lipinski definition) is 0. The van der Waals surface area contributed by atoms with Gasteiger partial charge in [-0.25, -0.2) is 0 Å². The van der Waals surface area contributed by atoms with Gasteiger partial charge in [-0.2, -0.15) is 0 Å². The van der Waals surface area contributed by atoms with Crippen LogP contribution in [0.2, 0.25) is 0 Å². The lowest BCUT2D eigenvalue weighted by atomic mass is 9.75. The second-order valence-corrected chi connectivity index (χ2v) is 6.12. The van der Waals surface area contributed by atoms with Crippen LogP contribution in [0.25, 0.3) is 0 Å². The fourth-order valence-corrected chi connectivity index (χ4v) is 2.39. The van der Waals surface area contributed by atoms with E-state index in [1.165, 1.54) is 12.8 Å². The second kappa shape index (κ2) is 4.73. The van der Waals surface area contributed by atoms with Gasteiger partial charge < -0.3 is 4.90 Å². The van der Waals surface area contributed by atoms with Crippen molar-refractivity contribution < 1.29 is 4.79 Å². The lowest BCUT2D eigenvalue weighted by molar-refractivity contribution is -0.132. The fourth-order valence-electron chi connectivity index (χ4n) is 2.23. The first-order chi connectivity index (χ1) is 6.83. The molecule has 1 amide bonds. The predicted molar refractivity (Wildman–Crippen MR) is 64.1 cm³/mol. The van der Waals surface area contributed by atoms with Crippen LogP contribution < -0.4 is 0 Å². The number of carbonyl (C=O) groups excluding carboxylic acids is 1. The van der Waals surface area contributed by atoms with Gasteiger partial charge in [0.2, 0.25) is 5.91 Å². The van der Waals surface area contributed by atoms with Crippen LogP contribution in [0.5, 0.6) is 0 Å². The standard InChI is InChI=1S/C12H22ClNO/c1-9(13)11(15)14(4)10-5-7-12(2,3)8-6-10/h9-10H,5-8H2,1-4H3. The summed E-state index contributed by atoms with van der Waals surface area (Å²) in [6.07, 6.45) is 4.62. The van der Waals surface area contributed by atoms with E-state index in [1.807, 2.05) is 11.9 Å². The summed E-state index contributed by atoms with van der Waals surface area (Å²) < 4.78 is 0. The number of alkyl halides is 1. The van der Waals surface area contributed by atoms with Gasteiger partial charge in [-0.05, 0) is 38.0 Å². The van der Waals surface area contributed by atoms with Gasteiger partial charge in [0.25, 0.3) is 0 Å². The molecule has 0 aromatic rings. The van der Waals surface area contributed by atoms with Crippen LogP contribution >= 0.6 is 11.6 Å². The SMILES string of the molecule is CC(Cl)C(=O)N(C)C1CCC(C)(C)CC1. The zero-order valence-electron chi connectivity index (χ0n) is 10.2. The third kappa shape index (κ3) is 3.37. The molecule has 1 aliphatic carbocycles. The van der Waals surface area contributed by atoms with Gasteiger partial charge in [-0.15, -0.1) is 11.6 Å². The molecule has 0 saturated heterocycles. The van der Waals surface area contributed by atoms with Gasteiger partial charge in [0.15, 0.2) is 0 Å². The van der Waals surface area contributed by atoms with Gasteiger partial charge in [-0.3, -0.25) is 4.79 Å². The lowest BCUT2D eigenvalue weighted by Crippen LogP contribution is -2.43. The molecule has 1 fully saturated rings. The minimum atomic E-state index is -0.398. The van der Waals surface area contributed by atoms with Gasteiger partial charge in [-0.1, -0.05) is 13.8 Å². The van der Waals surface area contributed by atoms with E-state index < -0.39 is 5.38 Å². The Balaban J connectivity index is 2.50. The summed E-state index contributed by atoms with van der Waals surface area (Å²) >= 11 is 5.81. The highest BCUT2D eigenvalue weighted by atomic mass is 35.5. The molecule has 0 spiro atoms. The van der Waals surface area contributed by atoms with Crippen LogP contribution in [0.1, 0.15) is 46.5 Å². The zero-order valence-corrected chi connectivity index (χ0v) is 11.0. The van der Waals surface area contributed by atoms with E-state index in [2.05, 4.69) is 13.8 Å². The van der Waals surface area contributed by atoms with Gasteiger partial charge in [0, 0.05) is 13.1 Å². The van der Waals surface area contributed by atoms with Gasteiger partial charge >= 0.3 is 0 Å². The van der Waals surface area contributed by atoms with Crippen molar-refractivity contribution in [1.29, 1.82) is 0 Å². The molecular formula is C12H22ClNO. The first-order valence-electron chi connectivity index (χ1n) is 5.74. The van der Waals surface area contributed by atoms with Gasteiger partial charge in [0.05, 0.1) is 0 Å². The number of amides is 1. The number of carbonyl (C=O) groups is 1. The van der Waals surface area contributed by atoms with Crippen LogP contribution in [0.4, 0.5) is 0 Å². The summed E-state index contributed by atoms with van der Waals surface area (Å²) in [4.78, 5) is 13.5. The lowest BCUT2D eigenvalue weighted by Gasteiger charge is -2.38. The summed E-state index contributed by atoms with van der Waals surface area (Å²) in [6.45, 7) is 6.34. The van der Waals surface area contributed by atoms with Crippen LogP contribution in [-0.2, 0) is 4.79 Å². The zero-order chi connectivity index (χ0) is 11.6. The quantitative estimate of drug-likeness (QED) is 0.669. The average Bonchev–Trinajstić information content (AvgIpc) is 2.15. The molecule has 0 N–H and O–H groups in total. The fraction of sp³-hybridized carbons (Fsp3) is 0.917. The van der Waals surface area contributed by atoms with Crippen LogP contribution in [0, 0.1) is 5.41 Å². The summed E-state index contributed by atoms with van der Waals surface area (Å²) in [6, 6.07) is 0.395. The molecule has 1 unspecified atom stereocenters. The van der Waals surface area contributed by atoms with Crippen molar-refractivity contribution in [2.24, 2.45) is 5.41 Å². The Morgan fingerprint density at radius 3 is 2.27 bits per heavy atom. The molecule has 0 aromatic carbocycles. The third-order valence-corrected chi connectivity index (χ3v) is 3.73. The van der Waals surface area contributed by atoms with Crippen molar-refractivity contribution in [3.8, 4) is 0 Å². The van der Waals surface area contributed by atoms with E-state index in [1.54, 1.807) is 6.92 Å². The normalized spacial score (nSPS) is 23.5. The molecule has 1 rings (SSSR count). The summed E-state index contributed by atoms with van der Waals surface area (Å²) in [5.74, 6) is 0.0568. The maximum Gasteiger partial charge on any atom is 0.240 e. The molecule has 1 saturated carbocycles. The van der Waals surface area contributed by atoms with Crippen molar-refractivity contribution in [2.45, 2.75) is 57.9 Å². The third-order valence-electron chi connectivity index (χ3n) is 3.54. The maximum atomic E-state index is 11.7. The number of hydrogen-bond acceptors (Lipinski definition) is 1. The minimum Gasteiger partial charge on any atom is -0.342 e. The van der Waals surface area contributed by atoms with Crippen LogP contribution in [-0.4, -0.2) is 29.3 Å². The molecule has 3 heteroatoms. The maximum absolute atomic E-state index is 11.7. The Morgan fingerprint density at radius 2 is 1.87 bits per heavy atom. The van der Waals surface area contributed by atoms with E-state index in [9.17, 15) is 4.79 Å². The predicted octanol–water partition coefficient (Wildman–Crippen LogP) is 3.04. The second-order valence-electron chi connectivity index (χ2n) is 5.46. The molecular weight excluding hydrogens is 210 g/mol. The molecule has 88 valence electrons. The number of nitrogens with zero attached hydrogens (tertiary/aromatic N) is 1. The molecule has 0 aliphatic heterocycles. The average molecular weight is 232 g/mol. The van der Waals surface area contributed by atoms with Crippen molar-refractivity contribution in [3.05, 3.63) is 0 Å². The molecule has 0 aromatic heterocycles. The molecule has 15 heavy (non-hydrogen) atoms. The van der Waals surface area contributed by atoms with E-state index in [0.29, 0.717) is 11.5 Å². The molecule has 2 nitrogen and oxygen atoms in total. The monoisotopic (exact) mass is 231 g/mol. The smallest absolute Gasteiger partial charge is 0.240 e. The Hall–Kier alpha value is -0.240. The molecule has 0 radical (unpaired) electrons. The van der Waals surface area contributed by atoms with E-state index in [4.69, 9.17) is 11.6 Å². The minimum absolute atomic E-state index is 0.0568. The van der Waals surface area contributed by atoms with Crippen molar-refractivity contribution >= 4 is 17.5 Å². The highest BCUT2D eigenvalue weighted by Crippen LogP contribution is 2.36. The molecule has 0 bridgehead atoms. The highest BCUT2D eigenvalue weighted by molar-refractivity contribution is 6.30. The van der Waals surface area contributed by atoms with E-state index in [0.717, 1.165) is 12.8 Å². The Bertz CT molecular complexity index is 228. The van der Waals surface area contributed by atoms with Crippen molar-refractivity contribution in [3.63, 3.8) is 0 Å². The Morgan fingerprint density at radius 1 is 1.40 bits per heavy atom. The Kier molecular flexibility index (Phi) is 4.05. The topological polar surface area (TPSA) is 20.3 Å². The summed E-state index contributed by atoms with van der Waals surface area (Å²) in [7, 11) is 1.88. The van der Waals surface area contributed by atoms with E-state index in [-0.39, 0.29) is 5.91 Å². The highest BCUT2D eigenvalue weighted by Gasteiger charge is 2.31. The first-order valence-corrected chi connectivity index (χ1v) is 6.18. The summed E-state index contributed by atoms with van der Waals surface area (Å²) in [5.41, 5.74) is 0.451. The van der Waals surface area contributed by atoms with Crippen molar-refractivity contribution in [1.82, 2.24) is 4.90 Å². The number of rotatable bonds is 2. The number of halogens is 1. The Labute approximate surface area is 98.0 Å². The summed E-state index contributed by atoms with van der Waals surface area (Å²) in [5, 5.41) is -0.398. The van der Waals surface area contributed by atoms with Crippen LogP contribution in [0.3, 0.4) is 0 Å².